The number of guanidine groups is 1. The van der Waals surface area contributed by atoms with E-state index in [2.05, 4.69) is 27.9 Å². The van der Waals surface area contributed by atoms with Gasteiger partial charge in [0.05, 0.1) is 6.54 Å². The van der Waals surface area contributed by atoms with Gasteiger partial charge in [-0.05, 0) is 56.7 Å². The lowest BCUT2D eigenvalue weighted by atomic mass is 10.1. The van der Waals surface area contributed by atoms with E-state index in [9.17, 15) is 4.79 Å². The number of rotatable bonds is 11. The average Bonchev–Trinajstić information content (AvgIpc) is 3.47. The number of nitrogens with zero attached hydrogens (tertiary/aromatic N) is 1. The highest BCUT2D eigenvalue weighted by Gasteiger charge is 2.20. The van der Waals surface area contributed by atoms with Crippen molar-refractivity contribution < 1.29 is 9.53 Å². The molecule has 0 atom stereocenters. The molecule has 1 fully saturated rings. The van der Waals surface area contributed by atoms with Gasteiger partial charge in [-0.2, -0.15) is 0 Å². The minimum atomic E-state index is -0.0403. The van der Waals surface area contributed by atoms with E-state index in [1.807, 2.05) is 31.2 Å². The molecule has 0 bridgehead atoms. The second-order valence-electron chi connectivity index (χ2n) is 6.55. The highest BCUT2D eigenvalue weighted by Crippen LogP contribution is 2.28. The SMILES string of the molecule is CCNC(=O)c1ccc(CN=C(NCC)NCCCOCC2CC2)cc1. The molecule has 0 spiro atoms. The molecule has 144 valence electrons. The first-order valence-electron chi connectivity index (χ1n) is 9.70. The van der Waals surface area contributed by atoms with Gasteiger partial charge in [0, 0.05) is 38.4 Å². The van der Waals surface area contributed by atoms with Crippen LogP contribution in [0.3, 0.4) is 0 Å². The van der Waals surface area contributed by atoms with Gasteiger partial charge in [-0.3, -0.25) is 4.79 Å². The van der Waals surface area contributed by atoms with Gasteiger partial charge in [-0.25, -0.2) is 4.99 Å². The lowest BCUT2D eigenvalue weighted by Gasteiger charge is -2.11. The first kappa shape index (κ1) is 20.2. The minimum Gasteiger partial charge on any atom is -0.381 e. The predicted molar refractivity (Wildman–Crippen MR) is 105 cm³/mol. The standard InChI is InChI=1S/C20H32N4O2/c1-3-21-19(25)18-10-8-16(9-11-18)14-24-20(22-4-2)23-12-5-13-26-15-17-6-7-17/h8-11,17H,3-7,12-15H2,1-2H3,(H,21,25)(H2,22,23,24). The summed E-state index contributed by atoms with van der Waals surface area (Å²) < 4.78 is 5.64. The summed E-state index contributed by atoms with van der Waals surface area (Å²) in [6.45, 7) is 8.54. The van der Waals surface area contributed by atoms with E-state index in [4.69, 9.17) is 4.74 Å². The number of ether oxygens (including phenoxy) is 1. The average molecular weight is 361 g/mol. The Bertz CT molecular complexity index is 568. The summed E-state index contributed by atoms with van der Waals surface area (Å²) in [5, 5.41) is 9.39. The largest absolute Gasteiger partial charge is 0.381 e. The number of hydrogen-bond donors (Lipinski definition) is 3. The minimum absolute atomic E-state index is 0.0403. The van der Waals surface area contributed by atoms with Crippen molar-refractivity contribution in [3.05, 3.63) is 35.4 Å². The molecular formula is C20H32N4O2. The van der Waals surface area contributed by atoms with Crippen LogP contribution in [0.4, 0.5) is 0 Å². The van der Waals surface area contributed by atoms with Crippen molar-refractivity contribution in [3.8, 4) is 0 Å². The number of nitrogens with one attached hydrogen (secondary N) is 3. The molecule has 1 saturated carbocycles. The van der Waals surface area contributed by atoms with Crippen molar-refractivity contribution in [2.24, 2.45) is 10.9 Å². The Morgan fingerprint density at radius 1 is 1.12 bits per heavy atom. The maximum Gasteiger partial charge on any atom is 0.251 e. The van der Waals surface area contributed by atoms with E-state index < -0.39 is 0 Å². The van der Waals surface area contributed by atoms with Gasteiger partial charge in [0.2, 0.25) is 0 Å². The van der Waals surface area contributed by atoms with E-state index in [0.29, 0.717) is 18.7 Å². The summed E-state index contributed by atoms with van der Waals surface area (Å²) in [6.07, 6.45) is 3.64. The summed E-state index contributed by atoms with van der Waals surface area (Å²) in [5.41, 5.74) is 1.75. The molecule has 0 unspecified atom stereocenters. The van der Waals surface area contributed by atoms with Crippen molar-refractivity contribution in [3.63, 3.8) is 0 Å². The van der Waals surface area contributed by atoms with E-state index >= 15 is 0 Å². The molecule has 0 heterocycles. The van der Waals surface area contributed by atoms with Gasteiger partial charge in [0.25, 0.3) is 5.91 Å². The van der Waals surface area contributed by atoms with Crippen molar-refractivity contribution in [1.82, 2.24) is 16.0 Å². The van der Waals surface area contributed by atoms with Crippen LogP contribution < -0.4 is 16.0 Å². The molecule has 6 heteroatoms. The number of hydrogen-bond acceptors (Lipinski definition) is 3. The molecule has 0 aromatic heterocycles. The molecule has 0 saturated heterocycles. The molecule has 1 aliphatic carbocycles. The zero-order chi connectivity index (χ0) is 18.6. The molecule has 1 aliphatic rings. The molecule has 1 amide bonds. The quantitative estimate of drug-likeness (QED) is 0.322. The number of amides is 1. The predicted octanol–water partition coefficient (Wildman–Crippen LogP) is 2.31. The molecule has 2 rings (SSSR count). The van der Waals surface area contributed by atoms with Crippen LogP contribution in [0.1, 0.15) is 49.0 Å². The lowest BCUT2D eigenvalue weighted by molar-refractivity contribution is 0.0956. The highest BCUT2D eigenvalue weighted by molar-refractivity contribution is 5.94. The van der Waals surface area contributed by atoms with Crippen LogP contribution >= 0.6 is 0 Å². The third kappa shape index (κ3) is 7.87. The summed E-state index contributed by atoms with van der Waals surface area (Å²) in [6, 6.07) is 7.58. The van der Waals surface area contributed by atoms with Gasteiger partial charge in [-0.15, -0.1) is 0 Å². The summed E-state index contributed by atoms with van der Waals surface area (Å²) in [5.74, 6) is 1.59. The van der Waals surface area contributed by atoms with Crippen LogP contribution in [-0.2, 0) is 11.3 Å². The zero-order valence-electron chi connectivity index (χ0n) is 16.0. The van der Waals surface area contributed by atoms with Crippen molar-refractivity contribution in [2.75, 3.05) is 32.8 Å². The van der Waals surface area contributed by atoms with E-state index in [0.717, 1.165) is 50.2 Å². The fourth-order valence-electron chi connectivity index (χ4n) is 2.45. The third-order valence-electron chi connectivity index (χ3n) is 4.13. The Hall–Kier alpha value is -2.08. The maximum absolute atomic E-state index is 11.8. The smallest absolute Gasteiger partial charge is 0.251 e. The van der Waals surface area contributed by atoms with Gasteiger partial charge < -0.3 is 20.7 Å². The van der Waals surface area contributed by atoms with Crippen molar-refractivity contribution >= 4 is 11.9 Å². The Balaban J connectivity index is 1.72. The Morgan fingerprint density at radius 2 is 1.85 bits per heavy atom. The van der Waals surface area contributed by atoms with E-state index in [1.165, 1.54) is 12.8 Å². The Kier molecular flexibility index (Phi) is 8.96. The van der Waals surface area contributed by atoms with Crippen molar-refractivity contribution in [1.29, 1.82) is 0 Å². The van der Waals surface area contributed by atoms with Crippen LogP contribution in [0.15, 0.2) is 29.3 Å². The molecule has 1 aromatic rings. The van der Waals surface area contributed by atoms with Crippen LogP contribution in [0.5, 0.6) is 0 Å². The summed E-state index contributed by atoms with van der Waals surface area (Å²) in [4.78, 5) is 16.4. The van der Waals surface area contributed by atoms with Gasteiger partial charge in [-0.1, -0.05) is 12.1 Å². The highest BCUT2D eigenvalue weighted by atomic mass is 16.5. The van der Waals surface area contributed by atoms with Gasteiger partial charge in [0.1, 0.15) is 0 Å². The molecule has 0 radical (unpaired) electrons. The molecule has 26 heavy (non-hydrogen) atoms. The summed E-state index contributed by atoms with van der Waals surface area (Å²) >= 11 is 0. The van der Waals surface area contributed by atoms with Crippen LogP contribution in [0.2, 0.25) is 0 Å². The molecule has 1 aromatic carbocycles. The Morgan fingerprint density at radius 3 is 2.50 bits per heavy atom. The third-order valence-corrected chi connectivity index (χ3v) is 4.13. The second-order valence-corrected chi connectivity index (χ2v) is 6.55. The number of benzene rings is 1. The van der Waals surface area contributed by atoms with Crippen LogP contribution in [-0.4, -0.2) is 44.7 Å². The summed E-state index contributed by atoms with van der Waals surface area (Å²) in [7, 11) is 0. The molecule has 0 aliphatic heterocycles. The lowest BCUT2D eigenvalue weighted by Crippen LogP contribution is -2.38. The number of carbonyl (C=O) groups is 1. The first-order chi connectivity index (χ1) is 12.7. The normalized spacial score (nSPS) is 14.2. The van der Waals surface area contributed by atoms with Crippen LogP contribution in [0, 0.1) is 5.92 Å². The van der Waals surface area contributed by atoms with Gasteiger partial charge in [0.15, 0.2) is 5.96 Å². The molecule has 6 nitrogen and oxygen atoms in total. The van der Waals surface area contributed by atoms with E-state index in [1.54, 1.807) is 0 Å². The Labute approximate surface area is 156 Å². The van der Waals surface area contributed by atoms with Crippen molar-refractivity contribution in [2.45, 2.75) is 39.7 Å². The number of aliphatic imine (C=N–C) groups is 1. The fraction of sp³-hybridized carbons (Fsp3) is 0.600. The monoisotopic (exact) mass is 360 g/mol. The maximum atomic E-state index is 11.8. The van der Waals surface area contributed by atoms with Crippen LogP contribution in [0.25, 0.3) is 0 Å². The second kappa shape index (κ2) is 11.5. The molecular weight excluding hydrogens is 328 g/mol. The van der Waals surface area contributed by atoms with Gasteiger partial charge >= 0.3 is 0 Å². The molecule has 3 N–H and O–H groups in total. The topological polar surface area (TPSA) is 74.8 Å². The fourth-order valence-corrected chi connectivity index (χ4v) is 2.45. The van der Waals surface area contributed by atoms with E-state index in [-0.39, 0.29) is 5.91 Å². The first-order valence-corrected chi connectivity index (χ1v) is 9.70. The number of carbonyl (C=O) groups excluding carboxylic acids is 1. The zero-order valence-corrected chi connectivity index (χ0v) is 16.0.